The van der Waals surface area contributed by atoms with E-state index < -0.39 is 0 Å². The first-order chi connectivity index (χ1) is 7.24. The molecule has 15 heavy (non-hydrogen) atoms. The molecule has 0 fully saturated rings. The van der Waals surface area contributed by atoms with Crippen LogP contribution >= 0.6 is 0 Å². The molecule has 1 heterocycles. The van der Waals surface area contributed by atoms with Crippen LogP contribution in [0.3, 0.4) is 0 Å². The van der Waals surface area contributed by atoms with Gasteiger partial charge in [-0.25, -0.2) is 0 Å². The Balaban J connectivity index is 2.60. The van der Waals surface area contributed by atoms with Crippen LogP contribution in [0.15, 0.2) is 12.1 Å². The number of nitrogens with zero attached hydrogens (tertiary/aromatic N) is 1. The van der Waals surface area contributed by atoms with E-state index in [1.165, 1.54) is 16.7 Å². The molecule has 1 aliphatic rings. The fourth-order valence-corrected chi connectivity index (χ4v) is 2.23. The van der Waals surface area contributed by atoms with Crippen molar-refractivity contribution in [2.24, 2.45) is 0 Å². The molecule has 0 atom stereocenters. The Kier molecular flexibility index (Phi) is 2.75. The highest BCUT2D eigenvalue weighted by Gasteiger charge is 2.18. The Bertz CT molecular complexity index is 415. The molecule has 0 saturated heterocycles. The normalized spacial score (nSPS) is 14.8. The van der Waals surface area contributed by atoms with Crippen molar-refractivity contribution in [2.45, 2.75) is 32.8 Å². The Morgan fingerprint density at radius 2 is 2.20 bits per heavy atom. The van der Waals surface area contributed by atoms with Gasteiger partial charge >= 0.3 is 0 Å². The van der Waals surface area contributed by atoms with Crippen LogP contribution in [0.25, 0.3) is 0 Å². The van der Waals surface area contributed by atoms with Gasteiger partial charge in [0.1, 0.15) is 0 Å². The van der Waals surface area contributed by atoms with Gasteiger partial charge in [0, 0.05) is 0 Å². The lowest BCUT2D eigenvalue weighted by molar-refractivity contribution is 0.110. The molecule has 78 valence electrons. The maximum absolute atomic E-state index is 9.08. The van der Waals surface area contributed by atoms with E-state index in [2.05, 4.69) is 26.0 Å². The van der Waals surface area contributed by atoms with E-state index >= 15 is 0 Å². The minimum Gasteiger partial charge on any atom is -0.376 e. The Hall–Kier alpha value is -1.33. The van der Waals surface area contributed by atoms with Crippen LogP contribution in [0.2, 0.25) is 0 Å². The van der Waals surface area contributed by atoms with Crippen LogP contribution in [0.5, 0.6) is 0 Å². The first-order valence-electron chi connectivity index (χ1n) is 5.36. The Morgan fingerprint density at radius 1 is 1.40 bits per heavy atom. The lowest BCUT2D eigenvalue weighted by atomic mass is 9.88. The highest BCUT2D eigenvalue weighted by atomic mass is 16.5. The molecule has 0 aliphatic carbocycles. The van der Waals surface area contributed by atoms with E-state index in [1.807, 2.05) is 6.07 Å². The summed E-state index contributed by atoms with van der Waals surface area (Å²) in [4.78, 5) is 0. The molecule has 0 N–H and O–H groups in total. The standard InChI is InChI=1S/C13H15NO/c1-9(2)13-11(7-14)4-3-10-5-6-15-8-12(10)13/h3-4,9H,5-6,8H2,1-2H3. The summed E-state index contributed by atoms with van der Waals surface area (Å²) in [5.41, 5.74) is 4.57. The van der Waals surface area contributed by atoms with Crippen molar-refractivity contribution in [3.8, 4) is 6.07 Å². The number of rotatable bonds is 1. The van der Waals surface area contributed by atoms with Crippen molar-refractivity contribution in [1.82, 2.24) is 0 Å². The average molecular weight is 201 g/mol. The number of hydrogen-bond donors (Lipinski definition) is 0. The quantitative estimate of drug-likeness (QED) is 0.700. The molecule has 1 aromatic carbocycles. The summed E-state index contributed by atoms with van der Waals surface area (Å²) in [7, 11) is 0. The minimum absolute atomic E-state index is 0.385. The summed E-state index contributed by atoms with van der Waals surface area (Å²) in [5, 5.41) is 9.08. The van der Waals surface area contributed by atoms with Gasteiger partial charge < -0.3 is 4.74 Å². The molecule has 0 radical (unpaired) electrons. The van der Waals surface area contributed by atoms with Crippen LogP contribution < -0.4 is 0 Å². The first kappa shape index (κ1) is 10.2. The lowest BCUT2D eigenvalue weighted by Crippen LogP contribution is -2.14. The number of benzene rings is 1. The third-order valence-corrected chi connectivity index (χ3v) is 2.91. The molecule has 0 unspecified atom stereocenters. The number of ether oxygens (including phenoxy) is 1. The van der Waals surface area contributed by atoms with Gasteiger partial charge in [0.25, 0.3) is 0 Å². The van der Waals surface area contributed by atoms with Gasteiger partial charge in [0.15, 0.2) is 0 Å². The second-order valence-corrected chi connectivity index (χ2v) is 4.23. The minimum atomic E-state index is 0.385. The summed E-state index contributed by atoms with van der Waals surface area (Å²) < 4.78 is 5.48. The second kappa shape index (κ2) is 4.04. The molecule has 0 amide bonds. The van der Waals surface area contributed by atoms with E-state index in [-0.39, 0.29) is 0 Å². The SMILES string of the molecule is CC(C)c1c(C#N)ccc2c1COCC2. The van der Waals surface area contributed by atoms with Crippen molar-refractivity contribution >= 4 is 0 Å². The lowest BCUT2D eigenvalue weighted by Gasteiger charge is -2.22. The van der Waals surface area contributed by atoms with E-state index in [0.29, 0.717) is 12.5 Å². The average Bonchev–Trinajstić information content (AvgIpc) is 2.27. The first-order valence-corrected chi connectivity index (χ1v) is 5.36. The summed E-state index contributed by atoms with van der Waals surface area (Å²) in [6, 6.07) is 6.29. The number of hydrogen-bond acceptors (Lipinski definition) is 2. The monoisotopic (exact) mass is 201 g/mol. The third-order valence-electron chi connectivity index (χ3n) is 2.91. The van der Waals surface area contributed by atoms with Gasteiger partial charge in [-0.1, -0.05) is 19.9 Å². The van der Waals surface area contributed by atoms with Crippen molar-refractivity contribution < 1.29 is 4.74 Å². The molecule has 2 heteroatoms. The zero-order valence-electron chi connectivity index (χ0n) is 9.21. The molecule has 1 aromatic rings. The highest BCUT2D eigenvalue weighted by molar-refractivity contribution is 5.48. The Labute approximate surface area is 90.5 Å². The molecule has 1 aliphatic heterocycles. The molecular formula is C13H15NO. The number of nitriles is 1. The predicted octanol–water partition coefficient (Wildman–Crippen LogP) is 2.75. The van der Waals surface area contributed by atoms with E-state index in [1.54, 1.807) is 0 Å². The molecule has 0 bridgehead atoms. The zero-order chi connectivity index (χ0) is 10.8. The van der Waals surface area contributed by atoms with Crippen LogP contribution in [0.1, 0.15) is 42.0 Å². The fraction of sp³-hybridized carbons (Fsp3) is 0.462. The molecule has 0 spiro atoms. The van der Waals surface area contributed by atoms with Gasteiger partial charge in [0.05, 0.1) is 24.8 Å². The summed E-state index contributed by atoms with van der Waals surface area (Å²) in [5.74, 6) is 0.385. The molecule has 0 aromatic heterocycles. The van der Waals surface area contributed by atoms with Crippen molar-refractivity contribution in [3.63, 3.8) is 0 Å². The van der Waals surface area contributed by atoms with Crippen LogP contribution in [-0.2, 0) is 17.8 Å². The second-order valence-electron chi connectivity index (χ2n) is 4.23. The highest BCUT2D eigenvalue weighted by Crippen LogP contribution is 2.29. The summed E-state index contributed by atoms with van der Waals surface area (Å²) >= 11 is 0. The van der Waals surface area contributed by atoms with Crippen LogP contribution in [-0.4, -0.2) is 6.61 Å². The largest absolute Gasteiger partial charge is 0.376 e. The van der Waals surface area contributed by atoms with E-state index in [0.717, 1.165) is 18.6 Å². The van der Waals surface area contributed by atoms with Gasteiger partial charge in [0.2, 0.25) is 0 Å². The smallest absolute Gasteiger partial charge is 0.0994 e. The summed E-state index contributed by atoms with van der Waals surface area (Å²) in [6.45, 7) is 5.73. The van der Waals surface area contributed by atoms with Gasteiger partial charge in [-0.3, -0.25) is 0 Å². The van der Waals surface area contributed by atoms with Gasteiger partial charge in [-0.05, 0) is 35.1 Å². The van der Waals surface area contributed by atoms with E-state index in [4.69, 9.17) is 10.00 Å². The predicted molar refractivity (Wildman–Crippen MR) is 58.6 cm³/mol. The zero-order valence-corrected chi connectivity index (χ0v) is 9.21. The molecular weight excluding hydrogens is 186 g/mol. The maximum Gasteiger partial charge on any atom is 0.0994 e. The fourth-order valence-electron chi connectivity index (χ4n) is 2.23. The molecule has 2 rings (SSSR count). The van der Waals surface area contributed by atoms with Crippen molar-refractivity contribution in [2.75, 3.05) is 6.61 Å². The third kappa shape index (κ3) is 1.75. The summed E-state index contributed by atoms with van der Waals surface area (Å²) in [6.07, 6.45) is 0.973. The Morgan fingerprint density at radius 3 is 2.87 bits per heavy atom. The molecule has 2 nitrogen and oxygen atoms in total. The molecule has 0 saturated carbocycles. The maximum atomic E-state index is 9.08. The van der Waals surface area contributed by atoms with Gasteiger partial charge in [-0.2, -0.15) is 5.26 Å². The van der Waals surface area contributed by atoms with Crippen molar-refractivity contribution in [1.29, 1.82) is 5.26 Å². The van der Waals surface area contributed by atoms with Crippen LogP contribution in [0.4, 0.5) is 0 Å². The topological polar surface area (TPSA) is 33.0 Å². The van der Waals surface area contributed by atoms with Crippen molar-refractivity contribution in [3.05, 3.63) is 34.4 Å². The number of fused-ring (bicyclic) bond motifs is 1. The van der Waals surface area contributed by atoms with E-state index in [9.17, 15) is 0 Å². The van der Waals surface area contributed by atoms with Crippen LogP contribution in [0, 0.1) is 11.3 Å². The van der Waals surface area contributed by atoms with Gasteiger partial charge in [-0.15, -0.1) is 0 Å².